The number of nitrogens with two attached hydrogens (primary N) is 1. The van der Waals surface area contributed by atoms with Crippen LogP contribution < -0.4 is 11.3 Å². The van der Waals surface area contributed by atoms with Crippen molar-refractivity contribution in [2.24, 2.45) is 5.84 Å². The van der Waals surface area contributed by atoms with Crippen molar-refractivity contribution in [2.45, 2.75) is 70.8 Å². The lowest BCUT2D eigenvalue weighted by atomic mass is 9.69. The Morgan fingerprint density at radius 2 is 1.68 bits per heavy atom. The third kappa shape index (κ3) is 3.80. The van der Waals surface area contributed by atoms with E-state index in [1.165, 1.54) is 24.8 Å². The minimum absolute atomic E-state index is 0.156. The van der Waals surface area contributed by atoms with Crippen molar-refractivity contribution < 1.29 is 0 Å². The molecule has 2 heteroatoms. The van der Waals surface area contributed by atoms with Gasteiger partial charge in [-0.3, -0.25) is 11.3 Å². The second kappa shape index (κ2) is 8.34. The summed E-state index contributed by atoms with van der Waals surface area (Å²) in [6.45, 7) is 6.80. The Hall–Kier alpha value is -0.860. The molecule has 0 fully saturated rings. The van der Waals surface area contributed by atoms with Gasteiger partial charge in [-0.1, -0.05) is 70.4 Å². The molecule has 0 radical (unpaired) electrons. The normalized spacial score (nSPS) is 13.5. The second-order valence-corrected chi connectivity index (χ2v) is 5.44. The molecule has 0 aliphatic rings. The highest BCUT2D eigenvalue weighted by molar-refractivity contribution is 5.27. The van der Waals surface area contributed by atoms with Crippen LogP contribution in [0.25, 0.3) is 0 Å². The van der Waals surface area contributed by atoms with Crippen molar-refractivity contribution >= 4 is 0 Å². The van der Waals surface area contributed by atoms with E-state index in [4.69, 9.17) is 5.84 Å². The molecule has 0 aliphatic heterocycles. The van der Waals surface area contributed by atoms with E-state index in [1.54, 1.807) is 0 Å². The molecule has 0 saturated heterocycles. The summed E-state index contributed by atoms with van der Waals surface area (Å²) >= 11 is 0. The van der Waals surface area contributed by atoms with E-state index in [2.05, 4.69) is 56.5 Å². The largest absolute Gasteiger partial charge is 0.271 e. The first kappa shape index (κ1) is 16.2. The lowest BCUT2D eigenvalue weighted by molar-refractivity contribution is 0.254. The van der Waals surface area contributed by atoms with E-state index in [-0.39, 0.29) is 5.41 Å². The highest BCUT2D eigenvalue weighted by atomic mass is 15.2. The Morgan fingerprint density at radius 3 is 2.16 bits per heavy atom. The molecule has 1 atom stereocenters. The highest BCUT2D eigenvalue weighted by Gasteiger charge is 2.36. The smallest absolute Gasteiger partial charge is 0.0307 e. The van der Waals surface area contributed by atoms with Crippen molar-refractivity contribution in [1.82, 2.24) is 5.43 Å². The van der Waals surface area contributed by atoms with E-state index in [1.807, 2.05) is 0 Å². The molecule has 1 rings (SSSR count). The molecule has 108 valence electrons. The van der Waals surface area contributed by atoms with Crippen LogP contribution in [0.4, 0.5) is 0 Å². The second-order valence-electron chi connectivity index (χ2n) is 5.44. The van der Waals surface area contributed by atoms with E-state index in [9.17, 15) is 0 Å². The zero-order valence-corrected chi connectivity index (χ0v) is 12.8. The van der Waals surface area contributed by atoms with Crippen LogP contribution in [-0.4, -0.2) is 6.04 Å². The van der Waals surface area contributed by atoms with Crippen molar-refractivity contribution in [1.29, 1.82) is 0 Å². The molecule has 2 nitrogen and oxygen atoms in total. The molecule has 0 spiro atoms. The highest BCUT2D eigenvalue weighted by Crippen LogP contribution is 2.37. The van der Waals surface area contributed by atoms with Gasteiger partial charge < -0.3 is 0 Å². The Kier molecular flexibility index (Phi) is 7.11. The summed E-state index contributed by atoms with van der Waals surface area (Å²) in [7, 11) is 0. The van der Waals surface area contributed by atoms with Gasteiger partial charge in [-0.25, -0.2) is 0 Å². The maximum Gasteiger partial charge on any atom is 0.0307 e. The molecule has 0 saturated carbocycles. The molecular weight excluding hydrogens is 232 g/mol. The average Bonchev–Trinajstić information content (AvgIpc) is 2.48. The van der Waals surface area contributed by atoms with Crippen LogP contribution in [0.2, 0.25) is 0 Å². The third-order valence-corrected chi connectivity index (χ3v) is 4.58. The topological polar surface area (TPSA) is 38.0 Å². The van der Waals surface area contributed by atoms with E-state index in [0.717, 1.165) is 19.3 Å². The van der Waals surface area contributed by atoms with E-state index >= 15 is 0 Å². The lowest BCUT2D eigenvalue weighted by Gasteiger charge is -2.40. The number of hydrogen-bond acceptors (Lipinski definition) is 2. The molecule has 19 heavy (non-hydrogen) atoms. The fourth-order valence-corrected chi connectivity index (χ4v) is 3.24. The van der Waals surface area contributed by atoms with Gasteiger partial charge in [-0.05, 0) is 24.8 Å². The molecule has 0 aromatic heterocycles. The van der Waals surface area contributed by atoms with Crippen LogP contribution in [-0.2, 0) is 5.41 Å². The molecule has 1 aromatic carbocycles. The minimum Gasteiger partial charge on any atom is -0.271 e. The summed E-state index contributed by atoms with van der Waals surface area (Å²) in [5.41, 5.74) is 4.67. The summed E-state index contributed by atoms with van der Waals surface area (Å²) in [6.07, 6.45) is 7.19. The number of unbranched alkanes of at least 4 members (excludes halogenated alkanes) is 2. The van der Waals surface area contributed by atoms with Crippen molar-refractivity contribution in [2.75, 3.05) is 0 Å². The number of benzene rings is 1. The number of rotatable bonds is 9. The molecule has 0 aliphatic carbocycles. The average molecular weight is 262 g/mol. The summed E-state index contributed by atoms with van der Waals surface area (Å²) in [5.74, 6) is 5.88. The van der Waals surface area contributed by atoms with Crippen LogP contribution >= 0.6 is 0 Å². The first-order valence-corrected chi connectivity index (χ1v) is 7.76. The Labute approximate surface area is 118 Å². The molecule has 0 heterocycles. The SMILES string of the molecule is CCCCCC(NN)C(CC)(CC)c1ccccc1. The van der Waals surface area contributed by atoms with E-state index in [0.29, 0.717) is 6.04 Å². The number of nitrogens with one attached hydrogen (secondary N) is 1. The molecule has 3 N–H and O–H groups in total. The zero-order chi connectivity index (χ0) is 14.1. The van der Waals surface area contributed by atoms with Gasteiger partial charge in [-0.15, -0.1) is 0 Å². The summed E-state index contributed by atoms with van der Waals surface area (Å²) in [4.78, 5) is 0. The Balaban J connectivity index is 2.95. The number of hydrogen-bond donors (Lipinski definition) is 2. The fourth-order valence-electron chi connectivity index (χ4n) is 3.24. The first-order chi connectivity index (χ1) is 9.25. The lowest BCUT2D eigenvalue weighted by Crippen LogP contribution is -2.50. The van der Waals surface area contributed by atoms with Gasteiger partial charge >= 0.3 is 0 Å². The summed E-state index contributed by atoms with van der Waals surface area (Å²) in [5, 5.41) is 0. The predicted molar refractivity (Wildman–Crippen MR) is 84.0 cm³/mol. The predicted octanol–water partition coefficient (Wildman–Crippen LogP) is 4.16. The van der Waals surface area contributed by atoms with Crippen molar-refractivity contribution in [3.05, 3.63) is 35.9 Å². The van der Waals surface area contributed by atoms with Gasteiger partial charge in [0.25, 0.3) is 0 Å². The van der Waals surface area contributed by atoms with Crippen molar-refractivity contribution in [3.63, 3.8) is 0 Å². The molecule has 1 aromatic rings. The third-order valence-electron chi connectivity index (χ3n) is 4.58. The van der Waals surface area contributed by atoms with Gasteiger partial charge in [0, 0.05) is 11.5 Å². The molecule has 0 bridgehead atoms. The Bertz CT molecular complexity index is 330. The zero-order valence-electron chi connectivity index (χ0n) is 12.8. The van der Waals surface area contributed by atoms with Crippen LogP contribution in [0.5, 0.6) is 0 Å². The maximum atomic E-state index is 5.88. The standard InChI is InChI=1S/C17H30N2/c1-4-7-9-14-16(19-18)17(5-2,6-3)15-12-10-8-11-13-15/h8,10-13,16,19H,4-7,9,14,18H2,1-3H3. The van der Waals surface area contributed by atoms with Gasteiger partial charge in [-0.2, -0.15) is 0 Å². The number of hydrazine groups is 1. The van der Waals surface area contributed by atoms with Gasteiger partial charge in [0.1, 0.15) is 0 Å². The first-order valence-electron chi connectivity index (χ1n) is 7.76. The summed E-state index contributed by atoms with van der Waals surface area (Å²) in [6, 6.07) is 11.2. The van der Waals surface area contributed by atoms with Crippen LogP contribution in [0.3, 0.4) is 0 Å². The summed E-state index contributed by atoms with van der Waals surface area (Å²) < 4.78 is 0. The Morgan fingerprint density at radius 1 is 1.05 bits per heavy atom. The van der Waals surface area contributed by atoms with Crippen LogP contribution in [0, 0.1) is 0 Å². The fraction of sp³-hybridized carbons (Fsp3) is 0.647. The minimum atomic E-state index is 0.156. The molecule has 1 unspecified atom stereocenters. The van der Waals surface area contributed by atoms with Gasteiger partial charge in [0.2, 0.25) is 0 Å². The van der Waals surface area contributed by atoms with E-state index < -0.39 is 0 Å². The molecule has 0 amide bonds. The maximum absolute atomic E-state index is 5.88. The van der Waals surface area contributed by atoms with Gasteiger partial charge in [0.15, 0.2) is 0 Å². The quantitative estimate of drug-likeness (QED) is 0.398. The monoisotopic (exact) mass is 262 g/mol. The van der Waals surface area contributed by atoms with Crippen molar-refractivity contribution in [3.8, 4) is 0 Å². The van der Waals surface area contributed by atoms with Crippen LogP contribution in [0.1, 0.15) is 64.9 Å². The van der Waals surface area contributed by atoms with Crippen LogP contribution in [0.15, 0.2) is 30.3 Å². The molecular formula is C17H30N2. The van der Waals surface area contributed by atoms with Gasteiger partial charge in [0.05, 0.1) is 0 Å².